The summed E-state index contributed by atoms with van der Waals surface area (Å²) in [6, 6.07) is 0. The van der Waals surface area contributed by atoms with Gasteiger partial charge in [-0.2, -0.15) is 0 Å². The van der Waals surface area contributed by atoms with E-state index in [1.165, 1.54) is 11.3 Å². The molecule has 1 unspecified atom stereocenters. The molecule has 1 rings (SSSR count). The van der Waals surface area contributed by atoms with Crippen LogP contribution in [0.15, 0.2) is 6.20 Å². The summed E-state index contributed by atoms with van der Waals surface area (Å²) in [6.45, 7) is 0.496. The van der Waals surface area contributed by atoms with Crippen LogP contribution in [-0.4, -0.2) is 30.7 Å². The van der Waals surface area contributed by atoms with E-state index in [1.807, 2.05) is 19.0 Å². The van der Waals surface area contributed by atoms with Crippen LogP contribution in [0.3, 0.4) is 0 Å². The quantitative estimate of drug-likeness (QED) is 0.748. The van der Waals surface area contributed by atoms with Gasteiger partial charge in [-0.05, 0) is 13.0 Å². The molecule has 3 N–H and O–H groups in total. The van der Waals surface area contributed by atoms with Crippen LogP contribution in [0.25, 0.3) is 0 Å². The maximum atomic E-state index is 9.59. The van der Waals surface area contributed by atoms with Gasteiger partial charge in [-0.3, -0.25) is 0 Å². The number of hydrogen-bond donors (Lipinski definition) is 2. The van der Waals surface area contributed by atoms with E-state index in [-0.39, 0.29) is 0 Å². The average Bonchev–Trinajstić information content (AvgIpc) is 2.52. The Hall–Kier alpha value is -0.650. The zero-order chi connectivity index (χ0) is 9.84. The molecule has 0 radical (unpaired) electrons. The molecule has 0 amide bonds. The summed E-state index contributed by atoms with van der Waals surface area (Å²) in [6.07, 6.45) is 1.84. The number of nitrogens with zero attached hydrogens (tertiary/aromatic N) is 2. The van der Waals surface area contributed by atoms with Gasteiger partial charge in [0.1, 0.15) is 0 Å². The highest BCUT2D eigenvalue weighted by Crippen LogP contribution is 2.27. The number of aromatic nitrogens is 1. The normalized spacial score (nSPS) is 12.9. The number of thiazole rings is 1. The largest absolute Gasteiger partial charge is 0.387 e. The first-order chi connectivity index (χ1) is 6.15. The van der Waals surface area contributed by atoms with E-state index in [4.69, 9.17) is 5.73 Å². The van der Waals surface area contributed by atoms with E-state index in [1.54, 1.807) is 6.20 Å². The topological polar surface area (TPSA) is 62.4 Å². The smallest absolute Gasteiger partial charge is 0.185 e. The fourth-order valence-electron chi connectivity index (χ4n) is 0.938. The summed E-state index contributed by atoms with van der Waals surface area (Å²) >= 11 is 1.50. The van der Waals surface area contributed by atoms with Crippen LogP contribution < -0.4 is 10.6 Å². The summed E-state index contributed by atoms with van der Waals surface area (Å²) in [4.78, 5) is 6.97. The van der Waals surface area contributed by atoms with Crippen molar-refractivity contribution in [1.29, 1.82) is 0 Å². The summed E-state index contributed by atoms with van der Waals surface area (Å²) in [5, 5.41) is 10.5. The van der Waals surface area contributed by atoms with E-state index in [9.17, 15) is 5.11 Å². The fourth-order valence-corrected chi connectivity index (χ4v) is 1.80. The van der Waals surface area contributed by atoms with Crippen LogP contribution in [0.5, 0.6) is 0 Å². The molecule has 1 heterocycles. The molecular weight excluding hydrogens is 186 g/mol. The monoisotopic (exact) mass is 201 g/mol. The van der Waals surface area contributed by atoms with Crippen molar-refractivity contribution >= 4 is 16.5 Å². The van der Waals surface area contributed by atoms with E-state index >= 15 is 0 Å². The van der Waals surface area contributed by atoms with Crippen LogP contribution in [0.2, 0.25) is 0 Å². The van der Waals surface area contributed by atoms with Gasteiger partial charge in [-0.1, -0.05) is 11.3 Å². The maximum Gasteiger partial charge on any atom is 0.185 e. The van der Waals surface area contributed by atoms with Crippen molar-refractivity contribution in [1.82, 2.24) is 4.98 Å². The number of nitrogens with two attached hydrogens (primary N) is 1. The first kappa shape index (κ1) is 10.4. The second-order valence-electron chi connectivity index (χ2n) is 3.03. The lowest BCUT2D eigenvalue weighted by Crippen LogP contribution is -2.07. The van der Waals surface area contributed by atoms with Crippen molar-refractivity contribution < 1.29 is 5.11 Å². The fraction of sp³-hybridized carbons (Fsp3) is 0.625. The predicted octanol–water partition coefficient (Wildman–Crippen LogP) is 0.591. The Morgan fingerprint density at radius 3 is 2.85 bits per heavy atom. The number of hydrogen-bond acceptors (Lipinski definition) is 5. The lowest BCUT2D eigenvalue weighted by atomic mass is 10.2. The molecule has 0 saturated heterocycles. The van der Waals surface area contributed by atoms with E-state index in [0.717, 1.165) is 10.0 Å². The Morgan fingerprint density at radius 1 is 1.69 bits per heavy atom. The summed E-state index contributed by atoms with van der Waals surface area (Å²) in [7, 11) is 3.86. The Morgan fingerprint density at radius 2 is 2.38 bits per heavy atom. The molecule has 0 aliphatic carbocycles. The standard InChI is InChI=1S/C8H15N3OS/c1-11(2)8-10-5-7(13-8)6(12)3-4-9/h5-6,12H,3-4,9H2,1-2H3. The van der Waals surface area contributed by atoms with E-state index in [0.29, 0.717) is 13.0 Å². The molecule has 1 aromatic rings. The van der Waals surface area contributed by atoms with Crippen molar-refractivity contribution in [3.63, 3.8) is 0 Å². The van der Waals surface area contributed by atoms with Crippen molar-refractivity contribution in [3.8, 4) is 0 Å². The highest BCUT2D eigenvalue weighted by molar-refractivity contribution is 7.15. The molecule has 74 valence electrons. The first-order valence-corrected chi connectivity index (χ1v) is 4.98. The second kappa shape index (κ2) is 4.55. The molecule has 0 saturated carbocycles. The Kier molecular flexibility index (Phi) is 3.65. The van der Waals surface area contributed by atoms with Gasteiger partial charge < -0.3 is 15.7 Å². The summed E-state index contributed by atoms with van der Waals surface area (Å²) in [5.74, 6) is 0. The zero-order valence-electron chi connectivity index (χ0n) is 7.90. The van der Waals surface area contributed by atoms with Gasteiger partial charge in [0, 0.05) is 20.3 Å². The zero-order valence-corrected chi connectivity index (χ0v) is 8.71. The summed E-state index contributed by atoms with van der Waals surface area (Å²) in [5.41, 5.74) is 5.35. The van der Waals surface area contributed by atoms with Gasteiger partial charge in [-0.25, -0.2) is 4.98 Å². The minimum absolute atomic E-state index is 0.462. The average molecular weight is 201 g/mol. The SMILES string of the molecule is CN(C)c1ncc(C(O)CCN)s1. The Balaban J connectivity index is 2.67. The maximum absolute atomic E-state index is 9.59. The molecule has 13 heavy (non-hydrogen) atoms. The van der Waals surface area contributed by atoms with Gasteiger partial charge in [-0.15, -0.1) is 0 Å². The van der Waals surface area contributed by atoms with Crippen LogP contribution in [-0.2, 0) is 0 Å². The number of aliphatic hydroxyl groups is 1. The summed E-state index contributed by atoms with van der Waals surface area (Å²) < 4.78 is 0. The van der Waals surface area contributed by atoms with Gasteiger partial charge >= 0.3 is 0 Å². The van der Waals surface area contributed by atoms with E-state index < -0.39 is 6.10 Å². The third kappa shape index (κ3) is 2.65. The first-order valence-electron chi connectivity index (χ1n) is 4.16. The van der Waals surface area contributed by atoms with Gasteiger partial charge in [0.25, 0.3) is 0 Å². The minimum Gasteiger partial charge on any atom is -0.387 e. The highest BCUT2D eigenvalue weighted by Gasteiger charge is 2.11. The number of rotatable bonds is 4. The molecule has 5 heteroatoms. The van der Waals surface area contributed by atoms with Crippen molar-refractivity contribution in [2.24, 2.45) is 5.73 Å². The molecule has 0 aliphatic rings. The van der Waals surface area contributed by atoms with E-state index in [2.05, 4.69) is 4.98 Å². The predicted molar refractivity (Wildman–Crippen MR) is 55.1 cm³/mol. The van der Waals surface area contributed by atoms with Crippen molar-refractivity contribution in [3.05, 3.63) is 11.1 Å². The van der Waals surface area contributed by atoms with Gasteiger partial charge in [0.2, 0.25) is 0 Å². The Labute approximate surface area is 82.0 Å². The molecule has 1 atom stereocenters. The van der Waals surface area contributed by atoms with Crippen LogP contribution in [0, 0.1) is 0 Å². The Bertz CT molecular complexity index is 262. The molecule has 0 bridgehead atoms. The molecule has 0 fully saturated rings. The van der Waals surface area contributed by atoms with Gasteiger partial charge in [0.15, 0.2) is 5.13 Å². The molecule has 0 aliphatic heterocycles. The van der Waals surface area contributed by atoms with Gasteiger partial charge in [0.05, 0.1) is 11.0 Å². The van der Waals surface area contributed by atoms with Crippen LogP contribution in [0.4, 0.5) is 5.13 Å². The van der Waals surface area contributed by atoms with Crippen LogP contribution in [0.1, 0.15) is 17.4 Å². The molecule has 0 aromatic carbocycles. The van der Waals surface area contributed by atoms with Crippen molar-refractivity contribution in [2.45, 2.75) is 12.5 Å². The number of aliphatic hydroxyl groups excluding tert-OH is 1. The van der Waals surface area contributed by atoms with Crippen LogP contribution >= 0.6 is 11.3 Å². The second-order valence-corrected chi connectivity index (χ2v) is 4.07. The molecule has 0 spiro atoms. The lowest BCUT2D eigenvalue weighted by Gasteiger charge is -2.07. The highest BCUT2D eigenvalue weighted by atomic mass is 32.1. The molecule has 1 aromatic heterocycles. The molecule has 4 nitrogen and oxygen atoms in total. The third-order valence-corrected chi connectivity index (χ3v) is 2.93. The minimum atomic E-state index is -0.462. The van der Waals surface area contributed by atoms with Crippen molar-refractivity contribution in [2.75, 3.05) is 25.5 Å². The number of anilines is 1. The molecular formula is C8H15N3OS. The third-order valence-electron chi connectivity index (χ3n) is 1.66. The lowest BCUT2D eigenvalue weighted by molar-refractivity contribution is 0.174.